The van der Waals surface area contributed by atoms with Crippen molar-refractivity contribution < 1.29 is 4.79 Å². The van der Waals surface area contributed by atoms with Crippen LogP contribution >= 0.6 is 0 Å². The van der Waals surface area contributed by atoms with Gasteiger partial charge in [0.25, 0.3) is 0 Å². The van der Waals surface area contributed by atoms with Gasteiger partial charge in [-0.1, -0.05) is 0 Å². The van der Waals surface area contributed by atoms with Crippen LogP contribution in [-0.2, 0) is 4.79 Å². The molecule has 0 saturated carbocycles. The number of nitrogens with zero attached hydrogens (tertiary/aromatic N) is 2. The molecule has 0 spiro atoms. The van der Waals surface area contributed by atoms with Gasteiger partial charge in [0, 0.05) is 18.8 Å². The van der Waals surface area contributed by atoms with Crippen LogP contribution in [0.3, 0.4) is 0 Å². The molecule has 0 bridgehead atoms. The Morgan fingerprint density at radius 2 is 2.40 bits per heavy atom. The summed E-state index contributed by atoms with van der Waals surface area (Å²) >= 11 is 0. The number of rotatable bonds is 1. The number of amidine groups is 1. The van der Waals surface area contributed by atoms with Crippen molar-refractivity contribution in [3.8, 4) is 0 Å². The van der Waals surface area contributed by atoms with E-state index in [1.807, 2.05) is 0 Å². The van der Waals surface area contributed by atoms with Gasteiger partial charge in [0.15, 0.2) is 5.96 Å². The molecule has 80 valence electrons. The van der Waals surface area contributed by atoms with Crippen LogP contribution in [0.4, 0.5) is 0 Å². The molecule has 15 heavy (non-hydrogen) atoms. The maximum Gasteiger partial charge on any atom is 0.238 e. The summed E-state index contributed by atoms with van der Waals surface area (Å²) in [5.74, 6) is -0.801. The second-order valence-electron chi connectivity index (χ2n) is 3.56. The Morgan fingerprint density at radius 3 is 3.00 bits per heavy atom. The van der Waals surface area contributed by atoms with E-state index < -0.39 is 5.92 Å². The lowest BCUT2D eigenvalue weighted by Crippen LogP contribution is -2.51. The Bertz CT molecular complexity index is 398. The van der Waals surface area contributed by atoms with Crippen molar-refractivity contribution in [1.82, 2.24) is 10.2 Å². The summed E-state index contributed by atoms with van der Waals surface area (Å²) in [5.41, 5.74) is 11.3. The number of hydrogen-bond acceptors (Lipinski definition) is 5. The van der Waals surface area contributed by atoms with Crippen molar-refractivity contribution in [3.63, 3.8) is 0 Å². The van der Waals surface area contributed by atoms with Gasteiger partial charge in [0.1, 0.15) is 17.9 Å². The van der Waals surface area contributed by atoms with Crippen molar-refractivity contribution in [3.05, 3.63) is 11.8 Å². The first kappa shape index (κ1) is 9.50. The predicted molar refractivity (Wildman–Crippen MR) is 54.8 cm³/mol. The zero-order chi connectivity index (χ0) is 11.2. The highest BCUT2D eigenvalue weighted by atomic mass is 16.2. The Morgan fingerprint density at radius 1 is 1.73 bits per heavy atom. The standard InChI is InChI=1S/C8H12N6O/c1-14-2-3(5(9)10)4-6(14)12-8(11)13-7(4)15/h2,4,6H,1H3,(H3,9,10)(H3,11,12,13,15). The lowest BCUT2D eigenvalue weighted by molar-refractivity contribution is -0.123. The van der Waals surface area contributed by atoms with Crippen LogP contribution in [0, 0.1) is 11.3 Å². The minimum atomic E-state index is -0.528. The summed E-state index contributed by atoms with van der Waals surface area (Å²) in [6.45, 7) is 0. The molecule has 0 aromatic rings. The lowest BCUT2D eigenvalue weighted by Gasteiger charge is -2.27. The third-order valence-corrected chi connectivity index (χ3v) is 2.51. The van der Waals surface area contributed by atoms with Gasteiger partial charge in [-0.25, -0.2) is 4.99 Å². The molecular weight excluding hydrogens is 196 g/mol. The molecule has 2 heterocycles. The second kappa shape index (κ2) is 2.97. The van der Waals surface area contributed by atoms with E-state index in [0.717, 1.165) is 0 Å². The molecule has 0 aromatic heterocycles. The van der Waals surface area contributed by atoms with E-state index in [2.05, 4.69) is 10.3 Å². The number of amides is 1. The van der Waals surface area contributed by atoms with Gasteiger partial charge >= 0.3 is 0 Å². The molecule has 0 aliphatic carbocycles. The average Bonchev–Trinajstić information content (AvgIpc) is 2.44. The highest BCUT2D eigenvalue weighted by molar-refractivity contribution is 6.07. The summed E-state index contributed by atoms with van der Waals surface area (Å²) in [7, 11) is 1.77. The van der Waals surface area contributed by atoms with Crippen molar-refractivity contribution in [2.45, 2.75) is 6.17 Å². The number of aliphatic imine (C=N–C) groups is 1. The number of fused-ring (bicyclic) bond motifs is 1. The van der Waals surface area contributed by atoms with Gasteiger partial charge in [0.05, 0.1) is 0 Å². The largest absolute Gasteiger partial charge is 0.384 e. The van der Waals surface area contributed by atoms with E-state index in [1.54, 1.807) is 18.1 Å². The molecule has 0 aromatic carbocycles. The third kappa shape index (κ3) is 1.32. The fourth-order valence-electron chi connectivity index (χ4n) is 1.83. The van der Waals surface area contributed by atoms with Crippen LogP contribution in [0.25, 0.3) is 0 Å². The molecule has 2 aliphatic heterocycles. The number of hydrogen-bond donors (Lipinski definition) is 4. The second-order valence-corrected chi connectivity index (χ2v) is 3.56. The number of guanidine groups is 1. The molecule has 2 atom stereocenters. The molecule has 0 fully saturated rings. The summed E-state index contributed by atoms with van der Waals surface area (Å²) in [6, 6.07) is 0. The maximum absolute atomic E-state index is 11.7. The Kier molecular flexibility index (Phi) is 1.88. The first-order valence-corrected chi connectivity index (χ1v) is 4.43. The first-order chi connectivity index (χ1) is 7.00. The fraction of sp³-hybridized carbons (Fsp3) is 0.375. The molecule has 6 N–H and O–H groups in total. The van der Waals surface area contributed by atoms with Gasteiger partial charge in [-0.05, 0) is 0 Å². The minimum Gasteiger partial charge on any atom is -0.384 e. The smallest absolute Gasteiger partial charge is 0.238 e. The molecule has 2 aliphatic rings. The Labute approximate surface area is 86.3 Å². The van der Waals surface area contributed by atoms with Crippen LogP contribution in [0.1, 0.15) is 0 Å². The molecule has 1 amide bonds. The quantitative estimate of drug-likeness (QED) is 0.298. The molecule has 0 saturated heterocycles. The van der Waals surface area contributed by atoms with Crippen LogP contribution in [-0.4, -0.2) is 35.8 Å². The molecule has 7 heteroatoms. The zero-order valence-electron chi connectivity index (χ0n) is 8.19. The summed E-state index contributed by atoms with van der Waals surface area (Å²) in [5, 5.41) is 9.79. The summed E-state index contributed by atoms with van der Waals surface area (Å²) < 4.78 is 0. The maximum atomic E-state index is 11.7. The molecule has 7 nitrogen and oxygen atoms in total. The van der Waals surface area contributed by atoms with Crippen LogP contribution < -0.4 is 16.8 Å². The predicted octanol–water partition coefficient (Wildman–Crippen LogP) is -1.86. The molecule has 2 rings (SSSR count). The zero-order valence-corrected chi connectivity index (χ0v) is 8.19. The normalized spacial score (nSPS) is 29.1. The average molecular weight is 208 g/mol. The number of carbonyl (C=O) groups is 1. The monoisotopic (exact) mass is 208 g/mol. The Balaban J connectivity index is 2.40. The number of nitrogens with one attached hydrogen (secondary N) is 2. The van der Waals surface area contributed by atoms with Crippen molar-refractivity contribution in [2.24, 2.45) is 22.4 Å². The van der Waals surface area contributed by atoms with E-state index in [-0.39, 0.29) is 23.9 Å². The van der Waals surface area contributed by atoms with E-state index in [0.29, 0.717) is 5.57 Å². The summed E-state index contributed by atoms with van der Waals surface area (Å²) in [6.07, 6.45) is 1.27. The molecule has 0 radical (unpaired) electrons. The molecular formula is C8H12N6O. The Hall–Kier alpha value is -2.05. The van der Waals surface area contributed by atoms with Crippen LogP contribution in [0.15, 0.2) is 16.8 Å². The summed E-state index contributed by atoms with van der Waals surface area (Å²) in [4.78, 5) is 17.5. The van der Waals surface area contributed by atoms with Gasteiger partial charge in [-0.3, -0.25) is 15.5 Å². The molecule has 2 unspecified atom stereocenters. The van der Waals surface area contributed by atoms with Crippen molar-refractivity contribution >= 4 is 17.7 Å². The van der Waals surface area contributed by atoms with E-state index in [1.165, 1.54) is 0 Å². The SMILES string of the molecule is CN1C=C(C(=N)N)C2C(=O)NC(N)=NC21. The van der Waals surface area contributed by atoms with Gasteiger partial charge in [0.2, 0.25) is 5.91 Å². The van der Waals surface area contributed by atoms with E-state index in [4.69, 9.17) is 16.9 Å². The van der Waals surface area contributed by atoms with E-state index in [9.17, 15) is 4.79 Å². The van der Waals surface area contributed by atoms with E-state index >= 15 is 0 Å². The highest BCUT2D eigenvalue weighted by Gasteiger charge is 2.42. The van der Waals surface area contributed by atoms with Gasteiger partial charge in [-0.2, -0.15) is 0 Å². The topological polar surface area (TPSA) is 121 Å². The van der Waals surface area contributed by atoms with Crippen molar-refractivity contribution in [1.29, 1.82) is 5.41 Å². The number of nitrogens with two attached hydrogens (primary N) is 2. The lowest BCUT2D eigenvalue weighted by atomic mass is 9.97. The first-order valence-electron chi connectivity index (χ1n) is 4.43. The van der Waals surface area contributed by atoms with Gasteiger partial charge < -0.3 is 16.4 Å². The van der Waals surface area contributed by atoms with Gasteiger partial charge in [-0.15, -0.1) is 0 Å². The van der Waals surface area contributed by atoms with Crippen LogP contribution in [0.2, 0.25) is 0 Å². The number of carbonyl (C=O) groups excluding carboxylic acids is 1. The fourth-order valence-corrected chi connectivity index (χ4v) is 1.83. The highest BCUT2D eigenvalue weighted by Crippen LogP contribution is 2.29. The van der Waals surface area contributed by atoms with Crippen molar-refractivity contribution in [2.75, 3.05) is 7.05 Å². The minimum absolute atomic E-state index is 0.103. The van der Waals surface area contributed by atoms with Crippen LogP contribution in [0.5, 0.6) is 0 Å². The third-order valence-electron chi connectivity index (χ3n) is 2.51.